The van der Waals surface area contributed by atoms with Gasteiger partial charge in [0.15, 0.2) is 0 Å². The fourth-order valence-electron chi connectivity index (χ4n) is 4.67. The fourth-order valence-corrected chi connectivity index (χ4v) is 4.67. The lowest BCUT2D eigenvalue weighted by molar-refractivity contribution is -0.132. The number of carbonyl (C=O) groups excluding carboxylic acids is 2. The average molecular weight is 458 g/mol. The lowest BCUT2D eigenvalue weighted by atomic mass is 9.93. The monoisotopic (exact) mass is 457 g/mol. The Kier molecular flexibility index (Phi) is 5.92. The number of aromatic hydroxyl groups is 1. The van der Waals surface area contributed by atoms with Gasteiger partial charge in [0, 0.05) is 5.69 Å². The van der Waals surface area contributed by atoms with E-state index >= 15 is 0 Å². The van der Waals surface area contributed by atoms with Gasteiger partial charge in [-0.3, -0.25) is 14.5 Å². The van der Waals surface area contributed by atoms with Gasteiger partial charge in [0.1, 0.15) is 17.3 Å². The number of Topliss-reactive ketones (excluding diaryl/α,β-unsaturated/α-hetero) is 1. The molecule has 1 aliphatic rings. The molecule has 3 aromatic rings. The van der Waals surface area contributed by atoms with Crippen molar-refractivity contribution in [3.63, 3.8) is 0 Å². The molecule has 6 heteroatoms. The Bertz CT molecular complexity index is 1340. The van der Waals surface area contributed by atoms with Crippen LogP contribution in [0.15, 0.2) is 60.2 Å². The summed E-state index contributed by atoms with van der Waals surface area (Å²) in [6, 6.07) is 14.7. The Balaban J connectivity index is 2.02. The SMILES string of the molecule is COc1c(C)cc(C)cc1/C(O)=C1\C(=O)C(=O)N(c2ccc(C)cc2C)C1c1ccc(O)cc1. The number of carbonyl (C=O) groups is 2. The lowest BCUT2D eigenvalue weighted by Gasteiger charge is -2.27. The Morgan fingerprint density at radius 3 is 2.15 bits per heavy atom. The predicted molar refractivity (Wildman–Crippen MR) is 131 cm³/mol. The number of hydrogen-bond donors (Lipinski definition) is 2. The minimum absolute atomic E-state index is 0.0287. The van der Waals surface area contributed by atoms with Crippen LogP contribution in [0.1, 0.15) is 39.4 Å². The quantitative estimate of drug-likeness (QED) is 0.317. The van der Waals surface area contributed by atoms with Gasteiger partial charge in [-0.25, -0.2) is 0 Å². The Labute approximate surface area is 198 Å². The number of amides is 1. The number of phenolic OH excluding ortho intramolecular Hbond substituents is 1. The van der Waals surface area contributed by atoms with Gasteiger partial charge < -0.3 is 14.9 Å². The molecular weight excluding hydrogens is 430 g/mol. The van der Waals surface area contributed by atoms with Gasteiger partial charge in [0.25, 0.3) is 11.7 Å². The van der Waals surface area contributed by atoms with E-state index in [1.165, 1.54) is 24.1 Å². The van der Waals surface area contributed by atoms with E-state index in [1.54, 1.807) is 24.3 Å². The number of aryl methyl sites for hydroxylation is 4. The van der Waals surface area contributed by atoms with Gasteiger partial charge in [-0.2, -0.15) is 0 Å². The van der Waals surface area contributed by atoms with Crippen molar-refractivity contribution in [2.45, 2.75) is 33.7 Å². The highest BCUT2D eigenvalue weighted by atomic mass is 16.5. The summed E-state index contributed by atoms with van der Waals surface area (Å²) in [4.78, 5) is 28.2. The highest BCUT2D eigenvalue weighted by molar-refractivity contribution is 6.51. The summed E-state index contributed by atoms with van der Waals surface area (Å²) in [5.41, 5.74) is 5.02. The minimum Gasteiger partial charge on any atom is -0.508 e. The summed E-state index contributed by atoms with van der Waals surface area (Å²) in [6.45, 7) is 7.57. The zero-order chi connectivity index (χ0) is 24.7. The summed E-state index contributed by atoms with van der Waals surface area (Å²) < 4.78 is 5.54. The molecular formula is C28H27NO5. The second kappa shape index (κ2) is 8.71. The molecule has 1 fully saturated rings. The van der Waals surface area contributed by atoms with Gasteiger partial charge >= 0.3 is 0 Å². The van der Waals surface area contributed by atoms with Crippen LogP contribution in [-0.2, 0) is 9.59 Å². The van der Waals surface area contributed by atoms with Crippen LogP contribution >= 0.6 is 0 Å². The molecule has 1 amide bonds. The first-order chi connectivity index (χ1) is 16.1. The number of benzene rings is 3. The zero-order valence-electron chi connectivity index (χ0n) is 19.8. The molecule has 4 rings (SSSR count). The number of aliphatic hydroxyl groups excluding tert-OH is 1. The van der Waals surface area contributed by atoms with Crippen LogP contribution in [0.2, 0.25) is 0 Å². The van der Waals surface area contributed by atoms with Gasteiger partial charge in [-0.1, -0.05) is 35.9 Å². The Hall–Kier alpha value is -4.06. The average Bonchev–Trinajstić information content (AvgIpc) is 3.04. The van der Waals surface area contributed by atoms with E-state index < -0.39 is 17.7 Å². The van der Waals surface area contributed by atoms with Crippen molar-refractivity contribution in [1.82, 2.24) is 0 Å². The van der Waals surface area contributed by atoms with Gasteiger partial charge in [0.05, 0.1) is 24.3 Å². The van der Waals surface area contributed by atoms with Crippen LogP contribution in [0, 0.1) is 27.7 Å². The number of ketones is 1. The summed E-state index contributed by atoms with van der Waals surface area (Å²) in [5, 5.41) is 21.3. The van der Waals surface area contributed by atoms with E-state index in [0.717, 1.165) is 22.3 Å². The molecule has 174 valence electrons. The summed E-state index contributed by atoms with van der Waals surface area (Å²) in [6.07, 6.45) is 0. The molecule has 3 aromatic carbocycles. The number of aliphatic hydroxyl groups is 1. The number of methoxy groups -OCH3 is 1. The number of hydrogen-bond acceptors (Lipinski definition) is 5. The first kappa shape index (κ1) is 23.1. The first-order valence-electron chi connectivity index (χ1n) is 11.0. The van der Waals surface area contributed by atoms with Crippen LogP contribution in [0.25, 0.3) is 5.76 Å². The molecule has 0 bridgehead atoms. The summed E-state index contributed by atoms with van der Waals surface area (Å²) >= 11 is 0. The van der Waals surface area contributed by atoms with Crippen LogP contribution in [0.3, 0.4) is 0 Å². The van der Waals surface area contributed by atoms with E-state index in [2.05, 4.69) is 0 Å². The Morgan fingerprint density at radius 1 is 0.882 bits per heavy atom. The van der Waals surface area contributed by atoms with E-state index in [1.807, 2.05) is 45.9 Å². The molecule has 0 saturated carbocycles. The molecule has 2 N–H and O–H groups in total. The number of ether oxygens (including phenoxy) is 1. The third kappa shape index (κ3) is 3.81. The zero-order valence-corrected chi connectivity index (χ0v) is 19.8. The minimum atomic E-state index is -0.882. The highest BCUT2D eigenvalue weighted by Crippen LogP contribution is 2.44. The number of phenols is 1. The topological polar surface area (TPSA) is 87.1 Å². The largest absolute Gasteiger partial charge is 0.508 e. The molecule has 1 heterocycles. The summed E-state index contributed by atoms with van der Waals surface area (Å²) in [7, 11) is 1.50. The van der Waals surface area contributed by atoms with Crippen molar-refractivity contribution in [2.75, 3.05) is 12.0 Å². The van der Waals surface area contributed by atoms with E-state index in [9.17, 15) is 19.8 Å². The van der Waals surface area contributed by atoms with Crippen molar-refractivity contribution in [2.24, 2.45) is 0 Å². The maximum Gasteiger partial charge on any atom is 0.300 e. The van der Waals surface area contributed by atoms with Crippen LogP contribution < -0.4 is 9.64 Å². The number of anilines is 1. The van der Waals surface area contributed by atoms with Gasteiger partial charge in [-0.15, -0.1) is 0 Å². The second-order valence-electron chi connectivity index (χ2n) is 8.71. The maximum atomic E-state index is 13.4. The molecule has 1 atom stereocenters. The number of nitrogens with zero attached hydrogens (tertiary/aromatic N) is 1. The van der Waals surface area contributed by atoms with Crippen molar-refractivity contribution in [3.05, 3.63) is 93.6 Å². The van der Waals surface area contributed by atoms with Gasteiger partial charge in [0.2, 0.25) is 0 Å². The standard InChI is InChI=1S/C28H27NO5/c1-15-6-11-22(17(3)12-15)29-24(19-7-9-20(30)10-8-19)23(26(32)28(29)33)25(31)21-14-16(2)13-18(4)27(21)34-5/h6-14,24,30-31H,1-5H3/b25-23+. The van der Waals surface area contributed by atoms with E-state index in [-0.39, 0.29) is 17.1 Å². The third-order valence-electron chi connectivity index (χ3n) is 6.14. The number of rotatable bonds is 4. The molecule has 0 radical (unpaired) electrons. The third-order valence-corrected chi connectivity index (χ3v) is 6.14. The van der Waals surface area contributed by atoms with Gasteiger partial charge in [-0.05, 0) is 74.2 Å². The highest BCUT2D eigenvalue weighted by Gasteiger charge is 2.47. The molecule has 0 aliphatic carbocycles. The molecule has 1 saturated heterocycles. The molecule has 1 aliphatic heterocycles. The maximum absolute atomic E-state index is 13.4. The van der Waals surface area contributed by atoms with Crippen LogP contribution in [0.4, 0.5) is 5.69 Å². The van der Waals surface area contributed by atoms with Crippen LogP contribution in [-0.4, -0.2) is 29.0 Å². The van der Waals surface area contributed by atoms with E-state index in [4.69, 9.17) is 4.74 Å². The Morgan fingerprint density at radius 2 is 1.53 bits per heavy atom. The second-order valence-corrected chi connectivity index (χ2v) is 8.71. The molecule has 6 nitrogen and oxygen atoms in total. The van der Waals surface area contributed by atoms with Crippen molar-refractivity contribution < 1.29 is 24.5 Å². The van der Waals surface area contributed by atoms with Crippen LogP contribution in [0.5, 0.6) is 11.5 Å². The van der Waals surface area contributed by atoms with Crippen molar-refractivity contribution in [3.8, 4) is 11.5 Å². The lowest BCUT2D eigenvalue weighted by Crippen LogP contribution is -2.30. The smallest absolute Gasteiger partial charge is 0.300 e. The normalized spacial score (nSPS) is 17.3. The summed E-state index contributed by atoms with van der Waals surface area (Å²) in [5.74, 6) is -1.31. The predicted octanol–water partition coefficient (Wildman–Crippen LogP) is 5.26. The fraction of sp³-hybridized carbons (Fsp3) is 0.214. The van der Waals surface area contributed by atoms with Crippen molar-refractivity contribution in [1.29, 1.82) is 0 Å². The molecule has 1 unspecified atom stereocenters. The van der Waals surface area contributed by atoms with Crippen molar-refractivity contribution >= 4 is 23.1 Å². The molecule has 0 aromatic heterocycles. The van der Waals surface area contributed by atoms with E-state index in [0.29, 0.717) is 22.6 Å². The molecule has 34 heavy (non-hydrogen) atoms. The molecule has 0 spiro atoms. The first-order valence-corrected chi connectivity index (χ1v) is 11.0.